The second-order valence-electron chi connectivity index (χ2n) is 10.9. The van der Waals surface area contributed by atoms with Gasteiger partial charge in [0.05, 0.1) is 14.2 Å². The van der Waals surface area contributed by atoms with Gasteiger partial charge in [-0.2, -0.15) is 0 Å². The number of methoxy groups -OCH3 is 2. The van der Waals surface area contributed by atoms with Gasteiger partial charge in [0.1, 0.15) is 17.3 Å². The van der Waals surface area contributed by atoms with E-state index in [1.807, 2.05) is 64.1 Å². The van der Waals surface area contributed by atoms with Crippen LogP contribution in [0.5, 0.6) is 11.5 Å². The van der Waals surface area contributed by atoms with Crippen LogP contribution in [0.4, 0.5) is 0 Å². The average Bonchev–Trinajstić information content (AvgIpc) is 2.97. The van der Waals surface area contributed by atoms with Crippen LogP contribution in [0.1, 0.15) is 72.8 Å². The maximum absolute atomic E-state index is 12.0. The zero-order chi connectivity index (χ0) is 31.4. The molecule has 0 saturated heterocycles. The molecule has 0 amide bonds. The summed E-state index contributed by atoms with van der Waals surface area (Å²) in [4.78, 5) is 22.4. The number of fused-ring (bicyclic) bond motifs is 2. The van der Waals surface area contributed by atoms with E-state index in [9.17, 15) is 9.59 Å². The number of Topliss-reactive ketones (excluding diaryl/α,β-unsaturated/α-hetero) is 2. The molecule has 0 saturated carbocycles. The Morgan fingerprint density at radius 2 is 1.24 bits per heavy atom. The molecule has 5 heteroatoms. The van der Waals surface area contributed by atoms with Gasteiger partial charge in [-0.3, -0.25) is 9.59 Å². The minimum Gasteiger partial charge on any atom is -0.497 e. The van der Waals surface area contributed by atoms with Crippen molar-refractivity contribution in [3.63, 3.8) is 0 Å². The normalized spacial score (nSPS) is 12.0. The summed E-state index contributed by atoms with van der Waals surface area (Å²) in [6.45, 7) is 13.4. The number of carbonyl (C=O) groups is 2. The van der Waals surface area contributed by atoms with Crippen molar-refractivity contribution in [1.29, 1.82) is 0 Å². The quantitative estimate of drug-likeness (QED) is 0.181. The summed E-state index contributed by atoms with van der Waals surface area (Å²) in [5.74, 6) is 2.42. The third-order valence-electron chi connectivity index (χ3n) is 7.74. The van der Waals surface area contributed by atoms with Crippen LogP contribution in [0, 0.1) is 5.41 Å². The van der Waals surface area contributed by atoms with E-state index in [-0.39, 0.29) is 22.9 Å². The summed E-state index contributed by atoms with van der Waals surface area (Å²) in [5, 5.41) is 4.76. The van der Waals surface area contributed by atoms with Gasteiger partial charge in [0.2, 0.25) is 0 Å². The maximum Gasteiger partial charge on any atom is 0.155 e. The molecule has 0 aromatic heterocycles. The number of halogens is 1. The summed E-state index contributed by atoms with van der Waals surface area (Å²) >= 11 is 3.44. The lowest BCUT2D eigenvalue weighted by molar-refractivity contribution is -0.126. The number of hydrogen-bond donors (Lipinski definition) is 0. The summed E-state index contributed by atoms with van der Waals surface area (Å²) < 4.78 is 11.5. The van der Waals surface area contributed by atoms with Gasteiger partial charge in [-0.15, -0.1) is 0 Å². The topological polar surface area (TPSA) is 52.6 Å². The van der Waals surface area contributed by atoms with E-state index >= 15 is 0 Å². The molecule has 42 heavy (non-hydrogen) atoms. The highest BCUT2D eigenvalue weighted by atomic mass is 79.9. The molecule has 224 valence electrons. The van der Waals surface area contributed by atoms with E-state index in [1.165, 1.54) is 21.7 Å². The molecule has 4 nitrogen and oxygen atoms in total. The van der Waals surface area contributed by atoms with Crippen LogP contribution in [-0.4, -0.2) is 25.8 Å². The molecular weight excluding hydrogens is 588 g/mol. The molecular formula is C37H45BrO4. The van der Waals surface area contributed by atoms with Crippen molar-refractivity contribution in [3.8, 4) is 11.5 Å². The molecule has 0 spiro atoms. The van der Waals surface area contributed by atoms with E-state index in [1.54, 1.807) is 28.1 Å². The predicted molar refractivity (Wildman–Crippen MR) is 181 cm³/mol. The summed E-state index contributed by atoms with van der Waals surface area (Å²) in [6, 6.07) is 24.8. The number of ether oxygens (including phenoxy) is 2. The first-order valence-electron chi connectivity index (χ1n) is 14.4. The van der Waals surface area contributed by atoms with Crippen LogP contribution in [-0.2, 0) is 9.59 Å². The van der Waals surface area contributed by atoms with E-state index in [0.29, 0.717) is 0 Å². The Balaban J connectivity index is 0.000000249. The van der Waals surface area contributed by atoms with Gasteiger partial charge < -0.3 is 9.47 Å². The molecule has 0 N–H and O–H groups in total. The van der Waals surface area contributed by atoms with Crippen molar-refractivity contribution < 1.29 is 19.1 Å². The zero-order valence-corrected chi connectivity index (χ0v) is 28.1. The Hall–Kier alpha value is -3.44. The van der Waals surface area contributed by atoms with Gasteiger partial charge in [-0.05, 0) is 109 Å². The predicted octanol–water partition coefficient (Wildman–Crippen LogP) is 10.5. The first-order valence-corrected chi connectivity index (χ1v) is 15.2. The molecule has 1 atom stereocenters. The Labute approximate surface area is 260 Å². The molecule has 0 radical (unpaired) electrons. The zero-order valence-electron chi connectivity index (χ0n) is 26.5. The number of carbonyl (C=O) groups excluding carboxylic acids is 2. The molecule has 0 bridgehead atoms. The van der Waals surface area contributed by atoms with E-state index < -0.39 is 0 Å². The Morgan fingerprint density at radius 1 is 0.762 bits per heavy atom. The molecule has 0 aliphatic rings. The lowest BCUT2D eigenvalue weighted by Gasteiger charge is -2.32. The van der Waals surface area contributed by atoms with Crippen molar-refractivity contribution in [2.75, 3.05) is 14.2 Å². The lowest BCUT2D eigenvalue weighted by Crippen LogP contribution is -2.29. The SMILES string of the molecule is CC/C=C(\C)C(C)=O.CCC(c1ccc2cc(OC)ccc2c1)C(C)(C)C(C)=O.COc1ccc2cc(Br)ccc2c1. The van der Waals surface area contributed by atoms with Gasteiger partial charge in [-0.25, -0.2) is 0 Å². The molecule has 4 aromatic rings. The van der Waals surface area contributed by atoms with Crippen molar-refractivity contribution in [2.45, 2.75) is 67.2 Å². The smallest absolute Gasteiger partial charge is 0.155 e. The van der Waals surface area contributed by atoms with Crippen LogP contribution in [0.25, 0.3) is 21.5 Å². The van der Waals surface area contributed by atoms with E-state index in [4.69, 9.17) is 9.47 Å². The monoisotopic (exact) mass is 632 g/mol. The van der Waals surface area contributed by atoms with Gasteiger partial charge in [0, 0.05) is 9.89 Å². The van der Waals surface area contributed by atoms with Gasteiger partial charge in [-0.1, -0.05) is 86.1 Å². The fourth-order valence-corrected chi connectivity index (χ4v) is 5.14. The number of benzene rings is 4. The fourth-order valence-electron chi connectivity index (χ4n) is 4.77. The average molecular weight is 634 g/mol. The first kappa shape index (κ1) is 34.8. The lowest BCUT2D eigenvalue weighted by atomic mass is 9.71. The minimum atomic E-state index is -0.338. The Kier molecular flexibility index (Phi) is 13.5. The van der Waals surface area contributed by atoms with Crippen LogP contribution in [0.2, 0.25) is 0 Å². The van der Waals surface area contributed by atoms with E-state index in [2.05, 4.69) is 65.3 Å². The highest BCUT2D eigenvalue weighted by molar-refractivity contribution is 9.10. The van der Waals surface area contributed by atoms with Crippen molar-refractivity contribution in [3.05, 3.63) is 94.5 Å². The molecule has 0 fully saturated rings. The molecule has 4 aromatic carbocycles. The molecule has 0 aliphatic carbocycles. The molecule has 0 aliphatic heterocycles. The van der Waals surface area contributed by atoms with Crippen LogP contribution in [0.3, 0.4) is 0 Å². The number of hydrogen-bond acceptors (Lipinski definition) is 4. The number of rotatable bonds is 8. The third-order valence-corrected chi connectivity index (χ3v) is 8.23. The Morgan fingerprint density at radius 3 is 1.67 bits per heavy atom. The van der Waals surface area contributed by atoms with E-state index in [0.717, 1.165) is 39.8 Å². The van der Waals surface area contributed by atoms with Crippen LogP contribution in [0.15, 0.2) is 88.9 Å². The highest BCUT2D eigenvalue weighted by Gasteiger charge is 2.33. The highest BCUT2D eigenvalue weighted by Crippen LogP contribution is 2.40. The van der Waals surface area contributed by atoms with Crippen molar-refractivity contribution >= 4 is 49.0 Å². The van der Waals surface area contributed by atoms with Gasteiger partial charge in [0.15, 0.2) is 5.78 Å². The largest absolute Gasteiger partial charge is 0.497 e. The Bertz CT molecular complexity index is 1530. The van der Waals surface area contributed by atoms with Crippen LogP contribution < -0.4 is 9.47 Å². The summed E-state index contributed by atoms with van der Waals surface area (Å²) in [6.07, 6.45) is 3.84. The minimum absolute atomic E-state index is 0.173. The third kappa shape index (κ3) is 9.55. The van der Waals surface area contributed by atoms with Crippen molar-refractivity contribution in [2.24, 2.45) is 5.41 Å². The maximum atomic E-state index is 12.0. The van der Waals surface area contributed by atoms with Gasteiger partial charge in [0.25, 0.3) is 0 Å². The molecule has 1 unspecified atom stereocenters. The number of ketones is 2. The van der Waals surface area contributed by atoms with Gasteiger partial charge >= 0.3 is 0 Å². The first-order chi connectivity index (χ1) is 19.9. The second-order valence-corrected chi connectivity index (χ2v) is 11.8. The fraction of sp³-hybridized carbons (Fsp3) is 0.351. The summed E-state index contributed by atoms with van der Waals surface area (Å²) in [7, 11) is 3.36. The molecule has 0 heterocycles. The molecule has 4 rings (SSSR count). The van der Waals surface area contributed by atoms with Crippen molar-refractivity contribution in [1.82, 2.24) is 0 Å². The second kappa shape index (κ2) is 16.3. The standard InChI is InChI=1S/C19H24O2.C11H9BrO.C7H12O/c1-6-18(19(3,4)13(2)20)16-8-7-15-12-17(21-5)10-9-14(15)11-16;1-13-11-5-3-8-6-10(12)4-2-9(8)7-11;1-4-5-6(2)7(3)8/h7-12,18H,6H2,1-5H3;2-7H,1H3;5H,4H2,1-3H3/b;;6-5+. The summed E-state index contributed by atoms with van der Waals surface area (Å²) in [5.41, 5.74) is 1.76. The van der Waals surface area contributed by atoms with Crippen LogP contribution >= 0.6 is 15.9 Å². The number of allylic oxidation sites excluding steroid dienone is 2.